The normalized spacial score (nSPS) is 17.0. The van der Waals surface area contributed by atoms with E-state index in [-0.39, 0.29) is 5.97 Å². The molecule has 0 bridgehead atoms. The monoisotopic (exact) mass is 476 g/mol. The molecule has 1 spiro atoms. The van der Waals surface area contributed by atoms with E-state index in [1.54, 1.807) is 0 Å². The number of carbonyl (C=O) groups is 1. The van der Waals surface area contributed by atoms with E-state index in [1.807, 2.05) is 66.7 Å². The molecule has 0 aromatic heterocycles. The second kappa shape index (κ2) is 8.45. The summed E-state index contributed by atoms with van der Waals surface area (Å²) in [5.74, 6) is 1.08. The predicted octanol–water partition coefficient (Wildman–Crippen LogP) is 7.15. The molecule has 4 aromatic carbocycles. The van der Waals surface area contributed by atoms with Gasteiger partial charge in [-0.2, -0.15) is 0 Å². The van der Waals surface area contributed by atoms with E-state index in [9.17, 15) is 4.79 Å². The average Bonchev–Trinajstić information content (AvgIpc) is 3.19. The first-order valence-electron chi connectivity index (χ1n) is 12.4. The first-order chi connectivity index (χ1) is 17.5. The Labute approximate surface area is 211 Å². The van der Waals surface area contributed by atoms with Crippen molar-refractivity contribution in [1.29, 1.82) is 0 Å². The van der Waals surface area contributed by atoms with Crippen molar-refractivity contribution in [2.75, 3.05) is 23.3 Å². The van der Waals surface area contributed by atoms with Crippen LogP contribution in [0.4, 0.5) is 17.1 Å². The maximum Gasteiger partial charge on any atom is 0.340 e. The number of ether oxygens (including phenoxy) is 2. The van der Waals surface area contributed by atoms with Gasteiger partial charge in [-0.1, -0.05) is 36.4 Å². The molecule has 36 heavy (non-hydrogen) atoms. The third-order valence-corrected chi connectivity index (χ3v) is 7.22. The Morgan fingerprint density at radius 2 is 1.53 bits per heavy atom. The Kier molecular flexibility index (Phi) is 5.22. The summed E-state index contributed by atoms with van der Waals surface area (Å²) in [6, 6.07) is 28.0. The number of fused-ring (bicyclic) bond motifs is 6. The van der Waals surface area contributed by atoms with Gasteiger partial charge in [0.2, 0.25) is 0 Å². The lowest BCUT2D eigenvalue weighted by atomic mass is 9.77. The molecule has 0 aliphatic carbocycles. The molecule has 2 aliphatic heterocycles. The van der Waals surface area contributed by atoms with Crippen molar-refractivity contribution < 1.29 is 14.3 Å². The number of rotatable bonds is 5. The second-order valence-corrected chi connectivity index (χ2v) is 9.23. The van der Waals surface area contributed by atoms with Gasteiger partial charge in [0.1, 0.15) is 11.5 Å². The SMILES string of the molecule is CCN(CC)c1ccc2c(c1)Oc1cc(C)c(Nc3ccccc3)cc1[C@]21OC(=O)c2ccccc21. The van der Waals surface area contributed by atoms with E-state index in [0.29, 0.717) is 17.1 Å². The van der Waals surface area contributed by atoms with Gasteiger partial charge in [0, 0.05) is 52.9 Å². The van der Waals surface area contributed by atoms with Crippen molar-refractivity contribution in [3.63, 3.8) is 0 Å². The number of hydrogen-bond acceptors (Lipinski definition) is 5. The van der Waals surface area contributed by atoms with Crippen LogP contribution in [0.2, 0.25) is 0 Å². The smallest absolute Gasteiger partial charge is 0.340 e. The zero-order valence-electron chi connectivity index (χ0n) is 20.7. The minimum atomic E-state index is -1.08. The number of anilines is 3. The lowest BCUT2D eigenvalue weighted by molar-refractivity contribution is 0.0224. The molecule has 180 valence electrons. The zero-order valence-corrected chi connectivity index (χ0v) is 20.7. The average molecular weight is 477 g/mol. The third-order valence-electron chi connectivity index (χ3n) is 7.22. The number of carbonyl (C=O) groups excluding carboxylic acids is 1. The standard InChI is InChI=1S/C31H28N2O3/c1-4-33(5-2)22-15-16-25-29(18-22)35-28-17-20(3)27(32-21-11-7-6-8-12-21)19-26(28)31(25)24-14-10-9-13-23(24)30(34)36-31/h6-19,32H,4-5H2,1-3H3/t31-/m1/s1. The number of aryl methyl sites for hydroxylation is 1. The molecular formula is C31H28N2O3. The Bertz CT molecular complexity index is 1480. The second-order valence-electron chi connectivity index (χ2n) is 9.23. The summed E-state index contributed by atoms with van der Waals surface area (Å²) in [6.45, 7) is 8.11. The van der Waals surface area contributed by atoms with Gasteiger partial charge >= 0.3 is 5.97 Å². The molecule has 2 aliphatic rings. The molecule has 6 rings (SSSR count). The van der Waals surface area contributed by atoms with Crippen LogP contribution in [0, 0.1) is 6.92 Å². The molecule has 5 nitrogen and oxygen atoms in total. The Morgan fingerprint density at radius 1 is 0.806 bits per heavy atom. The summed E-state index contributed by atoms with van der Waals surface area (Å²) in [5, 5.41) is 3.52. The van der Waals surface area contributed by atoms with Crippen LogP contribution in [-0.2, 0) is 10.3 Å². The lowest BCUT2D eigenvalue weighted by Gasteiger charge is -2.37. The summed E-state index contributed by atoms with van der Waals surface area (Å²) in [7, 11) is 0. The van der Waals surface area contributed by atoms with Crippen LogP contribution in [-0.4, -0.2) is 19.1 Å². The largest absolute Gasteiger partial charge is 0.456 e. The van der Waals surface area contributed by atoms with Gasteiger partial charge in [-0.25, -0.2) is 4.79 Å². The van der Waals surface area contributed by atoms with Gasteiger partial charge in [-0.15, -0.1) is 0 Å². The van der Waals surface area contributed by atoms with E-state index in [2.05, 4.69) is 49.2 Å². The number of esters is 1. The van der Waals surface area contributed by atoms with Crippen LogP contribution < -0.4 is 15.0 Å². The summed E-state index contributed by atoms with van der Waals surface area (Å²) in [4.78, 5) is 15.5. The first kappa shape index (κ1) is 22.2. The molecule has 0 radical (unpaired) electrons. The predicted molar refractivity (Wildman–Crippen MR) is 143 cm³/mol. The highest BCUT2D eigenvalue weighted by atomic mass is 16.6. The molecule has 2 heterocycles. The molecular weight excluding hydrogens is 448 g/mol. The minimum absolute atomic E-state index is 0.324. The van der Waals surface area contributed by atoms with Gasteiger partial charge in [0.25, 0.3) is 0 Å². The number of para-hydroxylation sites is 1. The first-order valence-corrected chi connectivity index (χ1v) is 12.4. The Morgan fingerprint density at radius 3 is 2.31 bits per heavy atom. The van der Waals surface area contributed by atoms with Gasteiger partial charge in [0.05, 0.1) is 5.56 Å². The van der Waals surface area contributed by atoms with Crippen LogP contribution in [0.3, 0.4) is 0 Å². The molecule has 0 amide bonds. The van der Waals surface area contributed by atoms with E-state index in [0.717, 1.165) is 52.4 Å². The highest BCUT2D eigenvalue weighted by molar-refractivity contribution is 5.97. The minimum Gasteiger partial charge on any atom is -0.456 e. The highest BCUT2D eigenvalue weighted by Crippen LogP contribution is 2.57. The van der Waals surface area contributed by atoms with Gasteiger partial charge in [-0.05, 0) is 68.8 Å². The fourth-order valence-corrected chi connectivity index (χ4v) is 5.41. The summed E-state index contributed by atoms with van der Waals surface area (Å²) >= 11 is 0. The molecule has 1 atom stereocenters. The van der Waals surface area contributed by atoms with Gasteiger partial charge < -0.3 is 19.7 Å². The fourth-order valence-electron chi connectivity index (χ4n) is 5.41. The van der Waals surface area contributed by atoms with E-state index in [4.69, 9.17) is 9.47 Å². The molecule has 0 fully saturated rings. The number of nitrogens with zero attached hydrogens (tertiary/aromatic N) is 1. The summed E-state index contributed by atoms with van der Waals surface area (Å²) in [6.07, 6.45) is 0. The van der Waals surface area contributed by atoms with E-state index in [1.165, 1.54) is 0 Å². The Hall–Kier alpha value is -4.25. The zero-order chi connectivity index (χ0) is 24.9. The number of hydrogen-bond donors (Lipinski definition) is 1. The molecule has 0 saturated carbocycles. The fraction of sp³-hybridized carbons (Fsp3) is 0.194. The molecule has 0 saturated heterocycles. The third kappa shape index (κ3) is 3.27. The van der Waals surface area contributed by atoms with Crippen molar-refractivity contribution in [2.24, 2.45) is 0 Å². The number of nitrogens with one attached hydrogen (secondary N) is 1. The maximum absolute atomic E-state index is 13.2. The van der Waals surface area contributed by atoms with Crippen LogP contribution in [0.15, 0.2) is 84.9 Å². The van der Waals surface area contributed by atoms with E-state index < -0.39 is 5.60 Å². The maximum atomic E-state index is 13.2. The summed E-state index contributed by atoms with van der Waals surface area (Å²) in [5.41, 5.74) is 6.02. The lowest BCUT2D eigenvalue weighted by Crippen LogP contribution is -2.33. The topological polar surface area (TPSA) is 50.8 Å². The highest BCUT2D eigenvalue weighted by Gasteiger charge is 2.53. The van der Waals surface area contributed by atoms with Crippen molar-refractivity contribution >= 4 is 23.0 Å². The van der Waals surface area contributed by atoms with E-state index >= 15 is 0 Å². The van der Waals surface area contributed by atoms with Crippen molar-refractivity contribution in [3.05, 3.63) is 113 Å². The van der Waals surface area contributed by atoms with Crippen molar-refractivity contribution in [3.8, 4) is 11.5 Å². The van der Waals surface area contributed by atoms with Crippen LogP contribution in [0.1, 0.15) is 46.5 Å². The van der Waals surface area contributed by atoms with Crippen LogP contribution in [0.25, 0.3) is 0 Å². The van der Waals surface area contributed by atoms with Gasteiger partial charge in [0.15, 0.2) is 5.60 Å². The number of benzene rings is 4. The van der Waals surface area contributed by atoms with Gasteiger partial charge in [-0.3, -0.25) is 0 Å². The van der Waals surface area contributed by atoms with Crippen LogP contribution >= 0.6 is 0 Å². The Balaban J connectivity index is 1.58. The molecule has 4 aromatic rings. The summed E-state index contributed by atoms with van der Waals surface area (Å²) < 4.78 is 12.9. The molecule has 1 N–H and O–H groups in total. The van der Waals surface area contributed by atoms with Crippen LogP contribution in [0.5, 0.6) is 11.5 Å². The van der Waals surface area contributed by atoms with Crippen molar-refractivity contribution in [1.82, 2.24) is 0 Å². The quantitative estimate of drug-likeness (QED) is 0.310. The molecule has 5 heteroatoms. The van der Waals surface area contributed by atoms with Crippen molar-refractivity contribution in [2.45, 2.75) is 26.4 Å². The molecule has 0 unspecified atom stereocenters.